The van der Waals surface area contributed by atoms with Gasteiger partial charge in [0.2, 0.25) is 5.91 Å². The molecule has 5 nitrogen and oxygen atoms in total. The minimum absolute atomic E-state index is 0.143. The van der Waals surface area contributed by atoms with Gasteiger partial charge in [0.15, 0.2) is 0 Å². The first-order valence-electron chi connectivity index (χ1n) is 18.8. The van der Waals surface area contributed by atoms with Gasteiger partial charge in [-0.2, -0.15) is 0 Å². The summed E-state index contributed by atoms with van der Waals surface area (Å²) in [6, 6.07) is -0.800. The molecule has 42 heavy (non-hydrogen) atoms. The maximum Gasteiger partial charge on any atom is 0.220 e. The number of aliphatic hydroxyl groups excluding tert-OH is 3. The number of unbranched alkanes of at least 4 members (excludes halogenated alkanes) is 26. The van der Waals surface area contributed by atoms with E-state index in [0.29, 0.717) is 12.8 Å². The van der Waals surface area contributed by atoms with Crippen molar-refractivity contribution in [2.45, 2.75) is 225 Å². The van der Waals surface area contributed by atoms with Crippen molar-refractivity contribution >= 4 is 5.91 Å². The van der Waals surface area contributed by atoms with Gasteiger partial charge in [-0.1, -0.05) is 187 Å². The second kappa shape index (κ2) is 33.2. The highest BCUT2D eigenvalue weighted by molar-refractivity contribution is 5.76. The second-order valence-electron chi connectivity index (χ2n) is 13.1. The summed E-state index contributed by atoms with van der Waals surface area (Å²) in [7, 11) is 0. The van der Waals surface area contributed by atoms with Gasteiger partial charge in [0.1, 0.15) is 6.10 Å². The van der Waals surface area contributed by atoms with Crippen LogP contribution in [0.2, 0.25) is 0 Å². The Bertz CT molecular complexity index is 544. The van der Waals surface area contributed by atoms with E-state index in [1.54, 1.807) is 0 Å². The predicted octanol–water partition coefficient (Wildman–Crippen LogP) is 9.93. The van der Waals surface area contributed by atoms with Crippen LogP contribution in [-0.2, 0) is 4.79 Å². The van der Waals surface area contributed by atoms with Crippen LogP contribution in [0.5, 0.6) is 0 Å². The van der Waals surface area contributed by atoms with Crippen molar-refractivity contribution in [1.82, 2.24) is 5.32 Å². The van der Waals surface area contributed by atoms with E-state index in [4.69, 9.17) is 0 Å². The lowest BCUT2D eigenvalue weighted by Crippen LogP contribution is -2.50. The van der Waals surface area contributed by atoms with Crippen LogP contribution in [-0.4, -0.2) is 46.1 Å². The molecule has 0 rings (SSSR count). The Kier molecular flexibility index (Phi) is 32.7. The van der Waals surface area contributed by atoms with E-state index in [-0.39, 0.29) is 12.5 Å². The quantitative estimate of drug-likeness (QED) is 0.0556. The summed E-state index contributed by atoms with van der Waals surface area (Å²) in [5.41, 5.74) is 0. The highest BCUT2D eigenvalue weighted by Crippen LogP contribution is 2.16. The second-order valence-corrected chi connectivity index (χ2v) is 13.1. The van der Waals surface area contributed by atoms with Crippen LogP contribution in [0.3, 0.4) is 0 Å². The molecule has 5 heteroatoms. The molecule has 4 N–H and O–H groups in total. The van der Waals surface area contributed by atoms with Crippen LogP contribution in [0.4, 0.5) is 0 Å². The van der Waals surface area contributed by atoms with Crippen LogP contribution < -0.4 is 5.32 Å². The first kappa shape index (κ1) is 41.4. The van der Waals surface area contributed by atoms with Crippen LogP contribution in [0.1, 0.15) is 206 Å². The predicted molar refractivity (Wildman–Crippen MR) is 181 cm³/mol. The first-order valence-corrected chi connectivity index (χ1v) is 18.8. The molecule has 3 atom stereocenters. The smallest absolute Gasteiger partial charge is 0.220 e. The third kappa shape index (κ3) is 28.1. The van der Waals surface area contributed by atoms with E-state index >= 15 is 0 Å². The van der Waals surface area contributed by atoms with Crippen molar-refractivity contribution < 1.29 is 20.1 Å². The van der Waals surface area contributed by atoms with Gasteiger partial charge < -0.3 is 20.6 Å². The van der Waals surface area contributed by atoms with Gasteiger partial charge in [-0.05, 0) is 12.8 Å². The van der Waals surface area contributed by atoms with Crippen LogP contribution in [0, 0.1) is 0 Å². The fourth-order valence-electron chi connectivity index (χ4n) is 5.99. The summed E-state index contributed by atoms with van der Waals surface area (Å²) in [5, 5.41) is 33.4. The zero-order valence-corrected chi connectivity index (χ0v) is 28.4. The van der Waals surface area contributed by atoms with Gasteiger partial charge >= 0.3 is 0 Å². The number of aliphatic hydroxyl groups is 3. The SMILES string of the molecule is CCCCCCCCCCCCCCCCC(=O)NC(CO)C(O)C(O)CCCCCCCCCCCCCCCC. The minimum Gasteiger partial charge on any atom is -0.394 e. The lowest BCUT2D eigenvalue weighted by Gasteiger charge is -2.26. The van der Waals surface area contributed by atoms with E-state index < -0.39 is 18.2 Å². The normalized spacial score (nSPS) is 13.7. The Morgan fingerprint density at radius 1 is 0.500 bits per heavy atom. The number of hydrogen-bond donors (Lipinski definition) is 4. The number of nitrogens with one attached hydrogen (secondary N) is 1. The van der Waals surface area contributed by atoms with Crippen LogP contribution >= 0.6 is 0 Å². The highest BCUT2D eigenvalue weighted by Gasteiger charge is 2.26. The summed E-state index contributed by atoms with van der Waals surface area (Å²) >= 11 is 0. The van der Waals surface area contributed by atoms with Gasteiger partial charge in [0.25, 0.3) is 0 Å². The van der Waals surface area contributed by atoms with Crippen LogP contribution in [0.25, 0.3) is 0 Å². The number of hydrogen-bond acceptors (Lipinski definition) is 4. The molecule has 0 aromatic heterocycles. The number of carbonyl (C=O) groups excluding carboxylic acids is 1. The van der Waals surface area contributed by atoms with Gasteiger partial charge in [0.05, 0.1) is 18.8 Å². The molecule has 0 radical (unpaired) electrons. The van der Waals surface area contributed by atoms with Crippen molar-refractivity contribution in [2.24, 2.45) is 0 Å². The molecule has 0 aliphatic rings. The van der Waals surface area contributed by atoms with E-state index in [0.717, 1.165) is 32.1 Å². The molecule has 0 heterocycles. The summed E-state index contributed by atoms with van der Waals surface area (Å²) in [4.78, 5) is 12.3. The van der Waals surface area contributed by atoms with Gasteiger partial charge in [-0.3, -0.25) is 4.79 Å². The largest absolute Gasteiger partial charge is 0.394 e. The summed E-state index contributed by atoms with van der Waals surface area (Å²) < 4.78 is 0. The van der Waals surface area contributed by atoms with E-state index in [1.165, 1.54) is 148 Å². The van der Waals surface area contributed by atoms with E-state index in [9.17, 15) is 20.1 Å². The number of carbonyl (C=O) groups is 1. The molecule has 252 valence electrons. The lowest BCUT2D eigenvalue weighted by atomic mass is 9.99. The first-order chi connectivity index (χ1) is 20.6. The fraction of sp³-hybridized carbons (Fsp3) is 0.973. The summed E-state index contributed by atoms with van der Waals surface area (Å²) in [6.45, 7) is 4.17. The lowest BCUT2D eigenvalue weighted by molar-refractivity contribution is -0.124. The Hall–Kier alpha value is -0.650. The molecular formula is C37H75NO4. The Morgan fingerprint density at radius 2 is 0.810 bits per heavy atom. The highest BCUT2D eigenvalue weighted by atomic mass is 16.3. The van der Waals surface area contributed by atoms with Crippen molar-refractivity contribution in [3.63, 3.8) is 0 Å². The number of amides is 1. The molecule has 0 fully saturated rings. The molecule has 0 spiro atoms. The third-order valence-corrected chi connectivity index (χ3v) is 8.96. The summed E-state index contributed by atoms with van der Waals surface area (Å²) in [5.74, 6) is -0.143. The van der Waals surface area contributed by atoms with Crippen molar-refractivity contribution in [2.75, 3.05) is 6.61 Å². The monoisotopic (exact) mass is 598 g/mol. The zero-order chi connectivity index (χ0) is 30.9. The number of rotatable bonds is 34. The average Bonchev–Trinajstić information content (AvgIpc) is 2.99. The topological polar surface area (TPSA) is 89.8 Å². The summed E-state index contributed by atoms with van der Waals surface area (Å²) in [6.07, 6.45) is 34.7. The average molecular weight is 598 g/mol. The third-order valence-electron chi connectivity index (χ3n) is 8.96. The Morgan fingerprint density at radius 3 is 1.14 bits per heavy atom. The van der Waals surface area contributed by atoms with Gasteiger partial charge in [0, 0.05) is 6.42 Å². The minimum atomic E-state index is -1.13. The van der Waals surface area contributed by atoms with Gasteiger partial charge in [-0.25, -0.2) is 0 Å². The molecule has 0 saturated carbocycles. The molecule has 3 unspecified atom stereocenters. The van der Waals surface area contributed by atoms with Gasteiger partial charge in [-0.15, -0.1) is 0 Å². The standard InChI is InChI=1S/C37H75NO4/c1-3-5-7-9-11-13-15-17-19-21-23-25-27-29-31-35(40)37(42)34(33-39)38-36(41)32-30-28-26-24-22-20-18-16-14-12-10-8-6-4-2/h34-35,37,39-40,42H,3-33H2,1-2H3,(H,38,41). The van der Waals surface area contributed by atoms with Crippen molar-refractivity contribution in [3.05, 3.63) is 0 Å². The van der Waals surface area contributed by atoms with E-state index in [2.05, 4.69) is 19.2 Å². The molecular weight excluding hydrogens is 522 g/mol. The molecule has 0 saturated heterocycles. The van der Waals surface area contributed by atoms with E-state index in [1.807, 2.05) is 0 Å². The molecule has 0 bridgehead atoms. The molecule has 1 amide bonds. The van der Waals surface area contributed by atoms with Crippen molar-refractivity contribution in [1.29, 1.82) is 0 Å². The molecule has 0 aromatic carbocycles. The zero-order valence-electron chi connectivity index (χ0n) is 28.4. The maximum atomic E-state index is 12.3. The molecule has 0 aromatic rings. The molecule has 0 aliphatic carbocycles. The fourth-order valence-corrected chi connectivity index (χ4v) is 5.99. The Labute approximate surface area is 262 Å². The van der Waals surface area contributed by atoms with Crippen molar-refractivity contribution in [3.8, 4) is 0 Å². The van der Waals surface area contributed by atoms with Crippen LogP contribution in [0.15, 0.2) is 0 Å². The Balaban J connectivity index is 3.65. The molecule has 0 aliphatic heterocycles. The maximum absolute atomic E-state index is 12.3.